The fraction of sp³-hybridized carbons (Fsp3) is 0.643. The van der Waals surface area contributed by atoms with E-state index in [2.05, 4.69) is 27.5 Å². The van der Waals surface area contributed by atoms with Crippen molar-refractivity contribution in [3.8, 4) is 0 Å². The van der Waals surface area contributed by atoms with Crippen LogP contribution in [0.1, 0.15) is 32.4 Å². The Morgan fingerprint density at radius 2 is 2.17 bits per heavy atom. The van der Waals surface area contributed by atoms with Gasteiger partial charge < -0.3 is 15.5 Å². The van der Waals surface area contributed by atoms with Crippen LogP contribution in [0.4, 0.5) is 24.9 Å². The topological polar surface area (TPSA) is 53.1 Å². The number of hydrogen-bond acceptors (Lipinski definition) is 4. The van der Waals surface area contributed by atoms with Crippen LogP contribution in [-0.4, -0.2) is 34.7 Å². The van der Waals surface area contributed by atoms with Gasteiger partial charge in [0.05, 0.1) is 0 Å². The number of alkyl halides is 3. The largest absolute Gasteiger partial charge is 0.433 e. The molecule has 2 N–H and O–H groups in total. The lowest BCUT2D eigenvalue weighted by molar-refractivity contribution is -0.141. The number of hydrogen-bond donors (Lipinski definition) is 2. The monoisotopic (exact) mass is 347 g/mol. The van der Waals surface area contributed by atoms with Gasteiger partial charge >= 0.3 is 6.18 Å². The van der Waals surface area contributed by atoms with Crippen LogP contribution in [0.2, 0.25) is 0 Å². The Balaban J connectivity index is 2.31. The third-order valence-corrected chi connectivity index (χ3v) is 3.79. The fourth-order valence-electron chi connectivity index (χ4n) is 2.50. The zero-order valence-corrected chi connectivity index (χ0v) is 13.9. The summed E-state index contributed by atoms with van der Waals surface area (Å²) in [5.41, 5.74) is -0.970. The van der Waals surface area contributed by atoms with E-state index in [-0.39, 0.29) is 16.9 Å². The molecule has 0 radical (unpaired) electrons. The van der Waals surface area contributed by atoms with Crippen molar-refractivity contribution in [2.75, 3.05) is 29.9 Å². The molecule has 1 aliphatic rings. The number of rotatable bonds is 3. The highest BCUT2D eigenvalue weighted by atomic mass is 32.1. The number of anilines is 2. The summed E-state index contributed by atoms with van der Waals surface area (Å²) < 4.78 is 39.3. The predicted molar refractivity (Wildman–Crippen MR) is 87.5 cm³/mol. The normalized spacial score (nSPS) is 18.7. The summed E-state index contributed by atoms with van der Waals surface area (Å²) in [7, 11) is 0. The molecule has 5 nitrogen and oxygen atoms in total. The van der Waals surface area contributed by atoms with Crippen LogP contribution in [0.15, 0.2) is 6.07 Å². The Morgan fingerprint density at radius 3 is 2.78 bits per heavy atom. The van der Waals surface area contributed by atoms with Crippen molar-refractivity contribution in [2.45, 2.75) is 32.9 Å². The third kappa shape index (κ3) is 4.92. The second-order valence-corrected chi connectivity index (χ2v) is 6.02. The van der Waals surface area contributed by atoms with Gasteiger partial charge in [-0.2, -0.15) is 18.2 Å². The minimum absolute atomic E-state index is 0.140. The first-order valence-corrected chi connectivity index (χ1v) is 7.96. The van der Waals surface area contributed by atoms with Gasteiger partial charge in [-0.25, -0.2) is 4.98 Å². The lowest BCUT2D eigenvalue weighted by atomic mass is 10.0. The van der Waals surface area contributed by atoms with E-state index in [4.69, 9.17) is 12.2 Å². The predicted octanol–water partition coefficient (Wildman–Crippen LogP) is 3.04. The van der Waals surface area contributed by atoms with E-state index in [0.717, 1.165) is 18.9 Å². The van der Waals surface area contributed by atoms with Crippen molar-refractivity contribution in [1.82, 2.24) is 15.3 Å². The van der Waals surface area contributed by atoms with Crippen LogP contribution in [0.3, 0.4) is 0 Å². The molecule has 0 bridgehead atoms. The van der Waals surface area contributed by atoms with E-state index in [0.29, 0.717) is 25.6 Å². The number of nitrogens with zero attached hydrogens (tertiary/aromatic N) is 3. The average Bonchev–Trinajstić information content (AvgIpc) is 2.46. The minimum Gasteiger partial charge on any atom is -0.363 e. The van der Waals surface area contributed by atoms with E-state index in [1.54, 1.807) is 0 Å². The lowest BCUT2D eigenvalue weighted by Crippen LogP contribution is -2.35. The van der Waals surface area contributed by atoms with Crippen molar-refractivity contribution in [2.24, 2.45) is 5.92 Å². The molecule has 1 fully saturated rings. The molecule has 128 valence electrons. The van der Waals surface area contributed by atoms with Crippen molar-refractivity contribution in [3.05, 3.63) is 11.8 Å². The SMILES string of the molecule is CCNC(=S)Nc1nc(N2CCC[C@H](C)C2)cc(C(F)(F)F)n1. The second-order valence-electron chi connectivity index (χ2n) is 5.61. The number of nitrogens with one attached hydrogen (secondary N) is 2. The van der Waals surface area contributed by atoms with Crippen LogP contribution >= 0.6 is 12.2 Å². The molecule has 0 saturated carbocycles. The van der Waals surface area contributed by atoms with Crippen LogP contribution < -0.4 is 15.5 Å². The summed E-state index contributed by atoms with van der Waals surface area (Å²) in [5.74, 6) is 0.562. The zero-order valence-electron chi connectivity index (χ0n) is 13.1. The van der Waals surface area contributed by atoms with E-state index < -0.39 is 11.9 Å². The summed E-state index contributed by atoms with van der Waals surface area (Å²) >= 11 is 4.99. The van der Waals surface area contributed by atoms with Crippen LogP contribution in [0.25, 0.3) is 0 Å². The van der Waals surface area contributed by atoms with Crippen LogP contribution in [-0.2, 0) is 6.18 Å². The van der Waals surface area contributed by atoms with Gasteiger partial charge in [-0.1, -0.05) is 6.92 Å². The van der Waals surface area contributed by atoms with Gasteiger partial charge in [0, 0.05) is 25.7 Å². The first-order valence-electron chi connectivity index (χ1n) is 7.55. The zero-order chi connectivity index (χ0) is 17.0. The van der Waals surface area contributed by atoms with Gasteiger partial charge in [0.25, 0.3) is 0 Å². The van der Waals surface area contributed by atoms with E-state index in [1.165, 1.54) is 0 Å². The Labute approximate surface area is 138 Å². The van der Waals surface area contributed by atoms with Crippen LogP contribution in [0.5, 0.6) is 0 Å². The Hall–Kier alpha value is -1.64. The second kappa shape index (κ2) is 7.29. The minimum atomic E-state index is -4.53. The van der Waals surface area contributed by atoms with Gasteiger partial charge in [0.15, 0.2) is 10.8 Å². The highest BCUT2D eigenvalue weighted by Crippen LogP contribution is 2.31. The van der Waals surface area contributed by atoms with Crippen molar-refractivity contribution in [1.29, 1.82) is 0 Å². The Kier molecular flexibility index (Phi) is 5.61. The molecule has 2 heterocycles. The molecule has 0 spiro atoms. The van der Waals surface area contributed by atoms with Gasteiger partial charge in [0.1, 0.15) is 5.82 Å². The Bertz CT molecular complexity index is 564. The highest BCUT2D eigenvalue weighted by molar-refractivity contribution is 7.80. The Morgan fingerprint density at radius 1 is 1.43 bits per heavy atom. The van der Waals surface area contributed by atoms with E-state index in [1.807, 2.05) is 11.8 Å². The van der Waals surface area contributed by atoms with E-state index in [9.17, 15) is 13.2 Å². The molecule has 2 rings (SSSR count). The summed E-state index contributed by atoms with van der Waals surface area (Å²) in [4.78, 5) is 9.61. The molecule has 1 aromatic heterocycles. The maximum atomic E-state index is 13.1. The number of aromatic nitrogens is 2. The molecule has 1 atom stereocenters. The fourth-order valence-corrected chi connectivity index (χ4v) is 2.74. The number of thiocarbonyl (C=S) groups is 1. The van der Waals surface area contributed by atoms with Crippen molar-refractivity contribution in [3.63, 3.8) is 0 Å². The molecule has 1 aromatic rings. The maximum absolute atomic E-state index is 13.1. The summed E-state index contributed by atoms with van der Waals surface area (Å²) in [6, 6.07) is 1.000. The quantitative estimate of drug-likeness (QED) is 0.820. The van der Waals surface area contributed by atoms with Gasteiger partial charge in [-0.15, -0.1) is 0 Å². The summed E-state index contributed by atoms with van der Waals surface area (Å²) in [6.45, 7) is 5.85. The summed E-state index contributed by atoms with van der Waals surface area (Å²) in [5, 5.41) is 5.62. The standard InChI is InChI=1S/C14H20F3N5S/c1-3-18-13(23)21-12-19-10(14(15,16)17)7-11(20-12)22-6-4-5-9(2)8-22/h7,9H,3-6,8H2,1-2H3,(H2,18,19,20,21,23)/t9-/m0/s1. The molecule has 1 saturated heterocycles. The molecule has 23 heavy (non-hydrogen) atoms. The highest BCUT2D eigenvalue weighted by Gasteiger charge is 2.34. The first-order chi connectivity index (χ1) is 10.8. The third-order valence-electron chi connectivity index (χ3n) is 3.55. The van der Waals surface area contributed by atoms with E-state index >= 15 is 0 Å². The molecule has 0 aliphatic carbocycles. The van der Waals surface area contributed by atoms with Gasteiger partial charge in [-0.3, -0.25) is 0 Å². The average molecular weight is 347 g/mol. The molecule has 9 heteroatoms. The molecule has 0 amide bonds. The smallest absolute Gasteiger partial charge is 0.363 e. The molecule has 1 aliphatic heterocycles. The molecule has 0 unspecified atom stereocenters. The van der Waals surface area contributed by atoms with Crippen LogP contribution in [0, 0.1) is 5.92 Å². The van der Waals surface area contributed by atoms with Gasteiger partial charge in [-0.05, 0) is 37.9 Å². The van der Waals surface area contributed by atoms with Gasteiger partial charge in [0.2, 0.25) is 5.95 Å². The molecular formula is C14H20F3N5S. The number of halogens is 3. The van der Waals surface area contributed by atoms with Crippen molar-refractivity contribution < 1.29 is 13.2 Å². The summed E-state index contributed by atoms with van der Waals surface area (Å²) in [6.07, 6.45) is -2.52. The van der Waals surface area contributed by atoms with Crippen molar-refractivity contribution >= 4 is 29.1 Å². The lowest BCUT2D eigenvalue weighted by Gasteiger charge is -2.32. The molecule has 0 aromatic carbocycles. The number of piperidine rings is 1. The molecular weight excluding hydrogens is 327 g/mol. The first kappa shape index (κ1) is 17.7. The maximum Gasteiger partial charge on any atom is 0.433 e.